The lowest BCUT2D eigenvalue weighted by molar-refractivity contribution is 0.415. The van der Waals surface area contributed by atoms with Gasteiger partial charge in [-0.3, -0.25) is 0 Å². The second kappa shape index (κ2) is 3.70. The van der Waals surface area contributed by atoms with Crippen LogP contribution in [0.15, 0.2) is 24.5 Å². The molecule has 3 nitrogen and oxygen atoms in total. The summed E-state index contributed by atoms with van der Waals surface area (Å²) in [7, 11) is 1.68. The predicted octanol–water partition coefficient (Wildman–Crippen LogP) is 2.45. The molecule has 2 aromatic rings. The zero-order valence-corrected chi connectivity index (χ0v) is 8.53. The number of hydrogen-bond donors (Lipinski definition) is 0. The minimum Gasteiger partial charge on any atom is -0.497 e. The highest BCUT2D eigenvalue weighted by atomic mass is 16.5. The van der Waals surface area contributed by atoms with Crippen molar-refractivity contribution in [1.29, 1.82) is 0 Å². The quantitative estimate of drug-likeness (QED) is 0.743. The zero-order chi connectivity index (χ0) is 9.97. The first-order chi connectivity index (χ1) is 6.85. The molecule has 0 unspecified atom stereocenters. The van der Waals surface area contributed by atoms with Crippen LogP contribution in [-0.2, 0) is 6.54 Å². The molecule has 0 fully saturated rings. The van der Waals surface area contributed by atoms with E-state index in [1.54, 1.807) is 7.11 Å². The van der Waals surface area contributed by atoms with Crippen molar-refractivity contribution in [3.05, 3.63) is 24.5 Å². The molecule has 0 radical (unpaired) electrons. The smallest absolute Gasteiger partial charge is 0.121 e. The summed E-state index contributed by atoms with van der Waals surface area (Å²) in [5.74, 6) is 0.885. The average molecular weight is 190 g/mol. The Morgan fingerprint density at radius 2 is 2.29 bits per heavy atom. The molecule has 0 bridgehead atoms. The molecular weight excluding hydrogens is 176 g/mol. The van der Waals surface area contributed by atoms with E-state index in [2.05, 4.69) is 16.5 Å². The fourth-order valence-electron chi connectivity index (χ4n) is 1.58. The first-order valence-corrected chi connectivity index (χ1v) is 4.84. The van der Waals surface area contributed by atoms with Crippen molar-refractivity contribution in [3.63, 3.8) is 0 Å². The van der Waals surface area contributed by atoms with Gasteiger partial charge in [-0.1, -0.05) is 6.92 Å². The van der Waals surface area contributed by atoms with E-state index in [1.165, 1.54) is 0 Å². The van der Waals surface area contributed by atoms with Gasteiger partial charge in [-0.05, 0) is 18.6 Å². The van der Waals surface area contributed by atoms with E-state index in [-0.39, 0.29) is 0 Å². The normalized spacial score (nSPS) is 10.7. The lowest BCUT2D eigenvalue weighted by Crippen LogP contribution is -1.94. The minimum absolute atomic E-state index is 0.885. The van der Waals surface area contributed by atoms with Crippen LogP contribution < -0.4 is 4.74 Å². The van der Waals surface area contributed by atoms with Crippen molar-refractivity contribution in [2.24, 2.45) is 0 Å². The van der Waals surface area contributed by atoms with Gasteiger partial charge >= 0.3 is 0 Å². The molecule has 14 heavy (non-hydrogen) atoms. The van der Waals surface area contributed by atoms with Gasteiger partial charge in [-0.15, -0.1) is 0 Å². The second-order valence-corrected chi connectivity index (χ2v) is 3.29. The average Bonchev–Trinajstić information content (AvgIpc) is 2.61. The SMILES string of the molecule is CCCn1cnc2ccc(OC)cc21. The third-order valence-electron chi connectivity index (χ3n) is 2.29. The monoisotopic (exact) mass is 190 g/mol. The van der Waals surface area contributed by atoms with Crippen LogP contribution in [0, 0.1) is 0 Å². The molecule has 0 amide bonds. The Balaban J connectivity index is 2.52. The Hall–Kier alpha value is -1.51. The maximum atomic E-state index is 5.18. The molecule has 3 heteroatoms. The van der Waals surface area contributed by atoms with Crippen LogP contribution in [0.3, 0.4) is 0 Å². The van der Waals surface area contributed by atoms with Gasteiger partial charge in [0.15, 0.2) is 0 Å². The summed E-state index contributed by atoms with van der Waals surface area (Å²) in [6.45, 7) is 3.16. The molecule has 0 atom stereocenters. The summed E-state index contributed by atoms with van der Waals surface area (Å²) >= 11 is 0. The van der Waals surface area contributed by atoms with Crippen molar-refractivity contribution < 1.29 is 4.74 Å². The minimum atomic E-state index is 0.885. The summed E-state index contributed by atoms with van der Waals surface area (Å²) in [6.07, 6.45) is 3.00. The Kier molecular flexibility index (Phi) is 2.39. The third kappa shape index (κ3) is 1.45. The topological polar surface area (TPSA) is 27.1 Å². The van der Waals surface area contributed by atoms with Crippen LogP contribution in [-0.4, -0.2) is 16.7 Å². The highest BCUT2D eigenvalue weighted by Gasteiger charge is 2.02. The van der Waals surface area contributed by atoms with Gasteiger partial charge in [-0.25, -0.2) is 4.98 Å². The van der Waals surface area contributed by atoms with Crippen LogP contribution >= 0.6 is 0 Å². The van der Waals surface area contributed by atoms with Crippen LogP contribution in [0.5, 0.6) is 5.75 Å². The van der Waals surface area contributed by atoms with Gasteiger partial charge in [-0.2, -0.15) is 0 Å². The summed E-state index contributed by atoms with van der Waals surface area (Å²) in [5.41, 5.74) is 2.17. The van der Waals surface area contributed by atoms with Gasteiger partial charge in [0.1, 0.15) is 5.75 Å². The van der Waals surface area contributed by atoms with Crippen molar-refractivity contribution >= 4 is 11.0 Å². The molecule has 0 aliphatic carbocycles. The number of methoxy groups -OCH3 is 1. The van der Waals surface area contributed by atoms with Crippen molar-refractivity contribution in [2.45, 2.75) is 19.9 Å². The highest BCUT2D eigenvalue weighted by molar-refractivity contribution is 5.76. The molecular formula is C11H14N2O. The summed E-state index contributed by atoms with van der Waals surface area (Å²) in [4.78, 5) is 4.32. The molecule has 0 saturated carbocycles. The van der Waals surface area contributed by atoms with Crippen LogP contribution in [0.4, 0.5) is 0 Å². The van der Waals surface area contributed by atoms with Crippen molar-refractivity contribution in [2.75, 3.05) is 7.11 Å². The number of aromatic nitrogens is 2. The Morgan fingerprint density at radius 3 is 3.00 bits per heavy atom. The second-order valence-electron chi connectivity index (χ2n) is 3.29. The van der Waals surface area contributed by atoms with Gasteiger partial charge < -0.3 is 9.30 Å². The number of imidazole rings is 1. The molecule has 1 aromatic carbocycles. The van der Waals surface area contributed by atoms with Gasteiger partial charge in [0.25, 0.3) is 0 Å². The standard InChI is InChI=1S/C11H14N2O/c1-3-6-13-8-12-10-5-4-9(14-2)7-11(10)13/h4-5,7-8H,3,6H2,1-2H3. The number of benzene rings is 1. The van der Waals surface area contributed by atoms with E-state index in [1.807, 2.05) is 24.5 Å². The van der Waals surface area contributed by atoms with E-state index < -0.39 is 0 Å². The van der Waals surface area contributed by atoms with E-state index >= 15 is 0 Å². The highest BCUT2D eigenvalue weighted by Crippen LogP contribution is 2.19. The fraction of sp³-hybridized carbons (Fsp3) is 0.364. The predicted molar refractivity (Wildman–Crippen MR) is 56.6 cm³/mol. The largest absolute Gasteiger partial charge is 0.497 e. The van der Waals surface area contributed by atoms with E-state index in [0.29, 0.717) is 0 Å². The van der Waals surface area contributed by atoms with Crippen LogP contribution in [0.25, 0.3) is 11.0 Å². The summed E-state index contributed by atoms with van der Waals surface area (Å²) < 4.78 is 7.33. The maximum absolute atomic E-state index is 5.18. The number of rotatable bonds is 3. The lowest BCUT2D eigenvalue weighted by atomic mass is 10.3. The number of hydrogen-bond acceptors (Lipinski definition) is 2. The summed E-state index contributed by atoms with van der Waals surface area (Å²) in [5, 5.41) is 0. The molecule has 0 spiro atoms. The van der Waals surface area contributed by atoms with Gasteiger partial charge in [0.2, 0.25) is 0 Å². The Labute approximate surface area is 83.3 Å². The molecule has 1 heterocycles. The Bertz CT molecular complexity index is 434. The first kappa shape index (κ1) is 9.06. The molecule has 1 aromatic heterocycles. The van der Waals surface area contributed by atoms with E-state index in [9.17, 15) is 0 Å². The maximum Gasteiger partial charge on any atom is 0.121 e. The molecule has 2 rings (SSSR count). The number of nitrogens with zero attached hydrogens (tertiary/aromatic N) is 2. The zero-order valence-electron chi connectivity index (χ0n) is 8.53. The van der Waals surface area contributed by atoms with Gasteiger partial charge in [0.05, 0.1) is 24.5 Å². The molecule has 0 N–H and O–H groups in total. The van der Waals surface area contributed by atoms with Crippen molar-refractivity contribution in [3.8, 4) is 5.75 Å². The molecule has 0 saturated heterocycles. The molecule has 0 aliphatic heterocycles. The summed E-state index contributed by atoms with van der Waals surface area (Å²) in [6, 6.07) is 5.95. The van der Waals surface area contributed by atoms with Crippen molar-refractivity contribution in [1.82, 2.24) is 9.55 Å². The third-order valence-corrected chi connectivity index (χ3v) is 2.29. The number of aryl methyl sites for hydroxylation is 1. The van der Waals surface area contributed by atoms with Gasteiger partial charge in [0, 0.05) is 12.6 Å². The molecule has 74 valence electrons. The fourth-order valence-corrected chi connectivity index (χ4v) is 1.58. The Morgan fingerprint density at radius 1 is 1.43 bits per heavy atom. The lowest BCUT2D eigenvalue weighted by Gasteiger charge is -2.03. The van der Waals surface area contributed by atoms with Crippen LogP contribution in [0.1, 0.15) is 13.3 Å². The van der Waals surface area contributed by atoms with Crippen LogP contribution in [0.2, 0.25) is 0 Å². The number of fused-ring (bicyclic) bond motifs is 1. The van der Waals surface area contributed by atoms with E-state index in [4.69, 9.17) is 4.74 Å². The number of ether oxygens (including phenoxy) is 1. The van der Waals surface area contributed by atoms with E-state index in [0.717, 1.165) is 29.7 Å². The molecule has 0 aliphatic rings. The first-order valence-electron chi connectivity index (χ1n) is 4.84.